The highest BCUT2D eigenvalue weighted by atomic mass is 32.1. The van der Waals surface area contributed by atoms with Crippen molar-refractivity contribution in [1.82, 2.24) is 35.2 Å². The second-order valence-electron chi connectivity index (χ2n) is 17.1. The molecule has 0 unspecified atom stereocenters. The number of carbonyl (C=O) groups excluding carboxylic acids is 3. The van der Waals surface area contributed by atoms with Gasteiger partial charge in [-0.2, -0.15) is 0 Å². The molecular weight excluding hydrogens is 739 g/mol. The van der Waals surface area contributed by atoms with Gasteiger partial charge >= 0.3 is 5.97 Å². The Balaban J connectivity index is 1.20. The number of nitrogens with one attached hydrogen (secondary N) is 2. The van der Waals surface area contributed by atoms with Gasteiger partial charge in [-0.1, -0.05) is 26.3 Å². The van der Waals surface area contributed by atoms with Crippen LogP contribution in [0.5, 0.6) is 0 Å². The van der Waals surface area contributed by atoms with Gasteiger partial charge in [0, 0.05) is 71.7 Å². The maximum absolute atomic E-state index is 14.4. The molecule has 4 aromatic rings. The van der Waals surface area contributed by atoms with E-state index in [0.29, 0.717) is 25.8 Å². The van der Waals surface area contributed by atoms with Gasteiger partial charge in [-0.05, 0) is 102 Å². The molecule has 4 aliphatic heterocycles. The molecule has 3 aromatic heterocycles. The predicted molar refractivity (Wildman–Crippen MR) is 221 cm³/mol. The normalized spacial score (nSPS) is 25.0. The Labute approximate surface area is 339 Å². The molecule has 57 heavy (non-hydrogen) atoms. The number of hydrogen-bond donors (Lipinski definition) is 2. The van der Waals surface area contributed by atoms with Crippen molar-refractivity contribution in [3.05, 3.63) is 58.2 Å². The number of esters is 1. The van der Waals surface area contributed by atoms with Crippen LogP contribution in [0.2, 0.25) is 0 Å². The van der Waals surface area contributed by atoms with Gasteiger partial charge in [-0.3, -0.25) is 29.3 Å². The van der Waals surface area contributed by atoms with Crippen molar-refractivity contribution in [2.75, 3.05) is 33.4 Å². The van der Waals surface area contributed by atoms with Gasteiger partial charge in [-0.25, -0.2) is 10.4 Å². The van der Waals surface area contributed by atoms with Gasteiger partial charge < -0.3 is 19.4 Å². The van der Waals surface area contributed by atoms with Crippen LogP contribution in [0.3, 0.4) is 0 Å². The van der Waals surface area contributed by atoms with Crippen molar-refractivity contribution in [3.63, 3.8) is 0 Å². The molecular formula is C44H57N7O5S. The number of thiazole rings is 1. The van der Waals surface area contributed by atoms with E-state index in [-0.39, 0.29) is 48.9 Å². The zero-order valence-electron chi connectivity index (χ0n) is 34.0. The number of nitrogens with zero attached hydrogens (tertiary/aromatic N) is 5. The lowest BCUT2D eigenvalue weighted by molar-refractivity contribution is -0.155. The first-order chi connectivity index (χ1) is 27.5. The molecule has 0 radical (unpaired) electrons. The molecule has 3 fully saturated rings. The molecule has 0 saturated carbocycles. The highest BCUT2D eigenvalue weighted by Crippen LogP contribution is 2.42. The van der Waals surface area contributed by atoms with Gasteiger partial charge in [0.1, 0.15) is 12.1 Å². The minimum atomic E-state index is -0.839. The first-order valence-corrected chi connectivity index (χ1v) is 21.8. The van der Waals surface area contributed by atoms with Crippen LogP contribution in [0, 0.1) is 11.3 Å². The lowest BCUT2D eigenvalue weighted by atomic mass is 9.83. The summed E-state index contributed by atoms with van der Waals surface area (Å²) in [4.78, 5) is 54.8. The zero-order valence-corrected chi connectivity index (χ0v) is 34.8. The highest BCUT2D eigenvalue weighted by Gasteiger charge is 2.40. The minimum absolute atomic E-state index is 0.0649. The summed E-state index contributed by atoms with van der Waals surface area (Å²) in [7, 11) is 1.71. The summed E-state index contributed by atoms with van der Waals surface area (Å²) in [6.45, 7) is 11.9. The van der Waals surface area contributed by atoms with Crippen LogP contribution in [-0.2, 0) is 43.2 Å². The Morgan fingerprint density at radius 1 is 1.11 bits per heavy atom. The molecule has 1 aromatic carbocycles. The molecule has 2 N–H and O–H groups in total. The monoisotopic (exact) mass is 795 g/mol. The van der Waals surface area contributed by atoms with E-state index in [9.17, 15) is 14.4 Å². The van der Waals surface area contributed by atoms with Crippen LogP contribution < -0.4 is 10.7 Å². The van der Waals surface area contributed by atoms with Crippen molar-refractivity contribution in [1.29, 1.82) is 0 Å². The van der Waals surface area contributed by atoms with Crippen LogP contribution >= 0.6 is 11.3 Å². The van der Waals surface area contributed by atoms with Crippen molar-refractivity contribution in [3.8, 4) is 22.5 Å². The van der Waals surface area contributed by atoms with Crippen molar-refractivity contribution >= 4 is 40.0 Å². The molecule has 4 aliphatic rings. The molecule has 0 spiro atoms. The average molecular weight is 796 g/mol. The molecule has 8 rings (SSSR count). The second kappa shape index (κ2) is 16.6. The zero-order chi connectivity index (χ0) is 39.8. The van der Waals surface area contributed by atoms with E-state index in [1.165, 1.54) is 22.8 Å². The lowest BCUT2D eigenvalue weighted by Crippen LogP contribution is -2.61. The van der Waals surface area contributed by atoms with Crippen LogP contribution in [0.15, 0.2) is 41.9 Å². The van der Waals surface area contributed by atoms with E-state index in [1.807, 2.05) is 19.2 Å². The number of benzene rings is 1. The SMILES string of the molecule is CCn1c(-c2cccnc2[C@H](C)OC)c2c3cc(ccc31)-c1csc(n1)C[C@H](NC(=O)[C@H]1CCCN3CCCC[C@@H]13)C(=O)N1CCC[C@H](N1)C(=O)OCC(C)(C)C2. The topological polar surface area (TPSA) is 131 Å². The number of cyclic esters (lactones) is 1. The van der Waals surface area contributed by atoms with Crippen molar-refractivity contribution in [2.24, 2.45) is 11.3 Å². The summed E-state index contributed by atoms with van der Waals surface area (Å²) in [6, 6.07) is 9.31. The number of hydrogen-bond acceptors (Lipinski definition) is 10. The number of hydrazine groups is 1. The van der Waals surface area contributed by atoms with Crippen LogP contribution in [0.1, 0.15) is 95.0 Å². The van der Waals surface area contributed by atoms with Crippen molar-refractivity contribution < 1.29 is 23.9 Å². The number of fused-ring (bicyclic) bond motifs is 7. The number of piperidine rings is 2. The number of carbonyl (C=O) groups is 3. The summed E-state index contributed by atoms with van der Waals surface area (Å²) in [6.07, 6.45) is 8.75. The molecule has 13 heteroatoms. The Kier molecular flexibility index (Phi) is 11.5. The molecule has 7 heterocycles. The maximum Gasteiger partial charge on any atom is 0.324 e. The van der Waals surface area contributed by atoms with Gasteiger partial charge in [0.2, 0.25) is 5.91 Å². The van der Waals surface area contributed by atoms with Gasteiger partial charge in [0.15, 0.2) is 0 Å². The van der Waals surface area contributed by atoms with Crippen LogP contribution in [0.4, 0.5) is 0 Å². The molecule has 3 saturated heterocycles. The molecule has 6 bridgehead atoms. The summed E-state index contributed by atoms with van der Waals surface area (Å²) >= 11 is 1.51. The number of methoxy groups -OCH3 is 1. The lowest BCUT2D eigenvalue weighted by Gasteiger charge is -2.44. The number of aromatic nitrogens is 3. The Morgan fingerprint density at radius 3 is 2.75 bits per heavy atom. The number of amides is 2. The number of rotatable bonds is 6. The number of aryl methyl sites for hydroxylation is 1. The van der Waals surface area contributed by atoms with Crippen molar-refractivity contribution in [2.45, 2.75) is 116 Å². The third-order valence-electron chi connectivity index (χ3n) is 12.6. The van der Waals surface area contributed by atoms with E-state index in [1.54, 1.807) is 7.11 Å². The van der Waals surface area contributed by atoms with E-state index in [4.69, 9.17) is 19.4 Å². The fourth-order valence-corrected chi connectivity index (χ4v) is 10.5. The predicted octanol–water partition coefficient (Wildman–Crippen LogP) is 6.47. The largest absolute Gasteiger partial charge is 0.464 e. The van der Waals surface area contributed by atoms with E-state index >= 15 is 0 Å². The summed E-state index contributed by atoms with van der Waals surface area (Å²) in [5.74, 6) is -0.861. The van der Waals surface area contributed by atoms with Crippen LogP contribution in [0.25, 0.3) is 33.4 Å². The first kappa shape index (κ1) is 39.6. The third-order valence-corrected chi connectivity index (χ3v) is 13.5. The summed E-state index contributed by atoms with van der Waals surface area (Å²) < 4.78 is 14.3. The fraction of sp³-hybridized carbons (Fsp3) is 0.568. The summed E-state index contributed by atoms with van der Waals surface area (Å²) in [5.41, 5.74) is 9.78. The molecule has 12 nitrogen and oxygen atoms in total. The smallest absolute Gasteiger partial charge is 0.324 e. The Morgan fingerprint density at radius 2 is 1.93 bits per heavy atom. The number of pyridine rings is 1. The van der Waals surface area contributed by atoms with Crippen LogP contribution in [-0.4, -0.2) is 93.7 Å². The molecule has 2 amide bonds. The quantitative estimate of drug-likeness (QED) is 0.211. The Bertz CT molecular complexity index is 2130. The fourth-order valence-electron chi connectivity index (χ4n) is 9.61. The van der Waals surface area contributed by atoms with Gasteiger partial charge in [-0.15, -0.1) is 11.3 Å². The second-order valence-corrected chi connectivity index (χ2v) is 18.1. The molecule has 5 atom stereocenters. The van der Waals surface area contributed by atoms with E-state index in [2.05, 4.69) is 70.6 Å². The first-order valence-electron chi connectivity index (χ1n) is 20.9. The molecule has 304 valence electrons. The summed E-state index contributed by atoms with van der Waals surface area (Å²) in [5, 5.41) is 8.68. The van der Waals surface area contributed by atoms with E-state index in [0.717, 1.165) is 95.0 Å². The standard InChI is InChI=1S/C44H57N7O5S/c1-6-50-37-17-16-28-22-31(37)32(40(50)30-12-9-18-45-39(30)27(2)55-5)24-44(3,4)26-56-43(54)33-14-11-21-51(48-33)42(53)34(23-38-46-35(28)25-57-38)47-41(52)29-13-10-20-49-19-8-7-15-36(29)49/h9,12,16-18,22,25,27,29,33-34,36,48H,6-8,10-11,13-15,19-21,23-24,26H2,1-5H3,(H,47,52)/t27-,29-,33-,34-,36-/m0/s1. The maximum atomic E-state index is 14.4. The highest BCUT2D eigenvalue weighted by molar-refractivity contribution is 7.10. The third kappa shape index (κ3) is 8.00. The Hall–Kier alpha value is -4.17. The molecule has 0 aliphatic carbocycles. The van der Waals surface area contributed by atoms with Gasteiger partial charge in [0.05, 0.1) is 40.7 Å². The van der Waals surface area contributed by atoms with E-state index < -0.39 is 17.5 Å². The number of ether oxygens (including phenoxy) is 2. The minimum Gasteiger partial charge on any atom is -0.464 e. The van der Waals surface area contributed by atoms with Gasteiger partial charge in [0.25, 0.3) is 5.91 Å². The average Bonchev–Trinajstić information content (AvgIpc) is 3.83.